The Morgan fingerprint density at radius 3 is 1.68 bits per heavy atom. The molecule has 3 N–H and O–H groups in total. The van der Waals surface area contributed by atoms with Crippen LogP contribution in [0.4, 0.5) is 0 Å². The molecule has 2 amide bonds. The fraction of sp³-hybridized carbons (Fsp3) is 0.286. The van der Waals surface area contributed by atoms with Crippen molar-refractivity contribution in [3.05, 3.63) is 46.5 Å². The molecule has 0 saturated heterocycles. The van der Waals surface area contributed by atoms with Gasteiger partial charge in [0.05, 0.1) is 11.1 Å². The molecule has 0 saturated carbocycles. The van der Waals surface area contributed by atoms with Gasteiger partial charge in [-0.25, -0.2) is 14.4 Å². The van der Waals surface area contributed by atoms with Crippen LogP contribution in [0.3, 0.4) is 0 Å². The van der Waals surface area contributed by atoms with Crippen molar-refractivity contribution in [3.63, 3.8) is 0 Å². The summed E-state index contributed by atoms with van der Waals surface area (Å²) in [5.74, 6) is -6.07. The molecule has 1 aliphatic rings. The Kier molecular flexibility index (Phi) is 5.53. The molecule has 2 aromatic rings. The monoisotopic (exact) mass is 445 g/mol. The SMILES string of the molecule is CC(C)(C)SC[C@@H](C(=O)O)N1C(=O)c2ccc(C(=O)O)c3c(C(=O)O)ccc(c23)C1=O. The number of rotatable bonds is 6. The van der Waals surface area contributed by atoms with Crippen LogP contribution in [0.25, 0.3) is 10.8 Å². The molecule has 0 radical (unpaired) electrons. The molecular formula is C21H19NO8S. The fourth-order valence-electron chi connectivity index (χ4n) is 3.43. The number of carboxylic acids is 3. The first-order chi connectivity index (χ1) is 14.3. The summed E-state index contributed by atoms with van der Waals surface area (Å²) in [4.78, 5) is 62.3. The summed E-state index contributed by atoms with van der Waals surface area (Å²) in [6, 6.07) is 3.08. The van der Waals surface area contributed by atoms with Crippen molar-refractivity contribution in [2.75, 3.05) is 5.75 Å². The first kappa shape index (κ1) is 22.3. The molecule has 3 rings (SSSR count). The second-order valence-corrected chi connectivity index (χ2v) is 9.79. The zero-order chi connectivity index (χ0) is 23.2. The summed E-state index contributed by atoms with van der Waals surface area (Å²) < 4.78 is -0.319. The van der Waals surface area contributed by atoms with Crippen molar-refractivity contribution in [2.24, 2.45) is 0 Å². The summed E-state index contributed by atoms with van der Waals surface area (Å²) in [6.45, 7) is 5.61. The number of carboxylic acid groups (broad SMARTS) is 3. The minimum atomic E-state index is -1.45. The number of thioether (sulfide) groups is 1. The molecular weight excluding hydrogens is 426 g/mol. The summed E-state index contributed by atoms with van der Waals surface area (Å²) in [7, 11) is 0. The van der Waals surface area contributed by atoms with Crippen molar-refractivity contribution in [2.45, 2.75) is 31.6 Å². The predicted octanol–water partition coefficient (Wildman–Crippen LogP) is 2.82. The van der Waals surface area contributed by atoms with E-state index in [0.717, 1.165) is 12.1 Å². The van der Waals surface area contributed by atoms with Crippen molar-refractivity contribution < 1.29 is 39.3 Å². The van der Waals surface area contributed by atoms with Crippen LogP contribution in [-0.2, 0) is 4.79 Å². The maximum absolute atomic E-state index is 13.2. The third-order valence-corrected chi connectivity index (χ3v) is 6.14. The zero-order valence-electron chi connectivity index (χ0n) is 16.8. The molecule has 0 aliphatic carbocycles. The number of aromatic carboxylic acids is 2. The molecule has 0 bridgehead atoms. The quantitative estimate of drug-likeness (QED) is 0.570. The number of carbonyl (C=O) groups is 5. The molecule has 1 atom stereocenters. The number of hydrogen-bond donors (Lipinski definition) is 3. The van der Waals surface area contributed by atoms with E-state index < -0.39 is 35.8 Å². The van der Waals surface area contributed by atoms with Gasteiger partial charge in [-0.1, -0.05) is 20.8 Å². The van der Waals surface area contributed by atoms with Crippen LogP contribution in [0, 0.1) is 0 Å². The number of hydrogen-bond acceptors (Lipinski definition) is 6. The lowest BCUT2D eigenvalue weighted by atomic mass is 9.88. The number of benzene rings is 2. The van der Waals surface area contributed by atoms with E-state index in [0.29, 0.717) is 4.90 Å². The molecule has 2 aromatic carbocycles. The summed E-state index contributed by atoms with van der Waals surface area (Å²) in [5.41, 5.74) is -0.982. The maximum atomic E-state index is 13.2. The van der Waals surface area contributed by atoms with Gasteiger partial charge in [-0.05, 0) is 24.3 Å². The first-order valence-corrected chi connectivity index (χ1v) is 10.1. The van der Waals surface area contributed by atoms with Gasteiger partial charge in [0.1, 0.15) is 6.04 Å². The van der Waals surface area contributed by atoms with Crippen LogP contribution < -0.4 is 0 Å². The molecule has 0 fully saturated rings. The van der Waals surface area contributed by atoms with Gasteiger partial charge in [-0.2, -0.15) is 11.8 Å². The van der Waals surface area contributed by atoms with Crippen molar-refractivity contribution in [3.8, 4) is 0 Å². The number of carbonyl (C=O) groups excluding carboxylic acids is 2. The van der Waals surface area contributed by atoms with Gasteiger partial charge >= 0.3 is 17.9 Å². The lowest BCUT2D eigenvalue weighted by Crippen LogP contribution is -2.52. The second kappa shape index (κ2) is 7.69. The highest BCUT2D eigenvalue weighted by Gasteiger charge is 2.42. The Balaban J connectivity index is 2.25. The largest absolute Gasteiger partial charge is 0.480 e. The van der Waals surface area contributed by atoms with Crippen molar-refractivity contribution in [1.29, 1.82) is 0 Å². The van der Waals surface area contributed by atoms with E-state index in [9.17, 15) is 39.3 Å². The van der Waals surface area contributed by atoms with E-state index in [1.54, 1.807) is 0 Å². The van der Waals surface area contributed by atoms with Crippen molar-refractivity contribution >= 4 is 52.3 Å². The number of nitrogens with zero attached hydrogens (tertiary/aromatic N) is 1. The molecule has 162 valence electrons. The Morgan fingerprint density at radius 2 is 1.32 bits per heavy atom. The van der Waals surface area contributed by atoms with E-state index in [2.05, 4.69) is 0 Å². The van der Waals surface area contributed by atoms with E-state index in [1.165, 1.54) is 23.9 Å². The van der Waals surface area contributed by atoms with Crippen LogP contribution in [0.2, 0.25) is 0 Å². The van der Waals surface area contributed by atoms with E-state index in [-0.39, 0.29) is 43.5 Å². The third kappa shape index (κ3) is 3.86. The lowest BCUT2D eigenvalue weighted by molar-refractivity contribution is -0.140. The van der Waals surface area contributed by atoms with Crippen LogP contribution in [0.1, 0.15) is 62.2 Å². The summed E-state index contributed by atoms with van der Waals surface area (Å²) in [6.07, 6.45) is 0. The van der Waals surface area contributed by atoms with Gasteiger partial charge in [0.25, 0.3) is 11.8 Å². The highest BCUT2D eigenvalue weighted by atomic mass is 32.2. The molecule has 1 aliphatic heterocycles. The Hall–Kier alpha value is -3.40. The highest BCUT2D eigenvalue weighted by molar-refractivity contribution is 8.00. The van der Waals surface area contributed by atoms with Gasteiger partial charge in [0, 0.05) is 32.4 Å². The molecule has 9 nitrogen and oxygen atoms in total. The Labute approximate surface area is 180 Å². The van der Waals surface area contributed by atoms with Crippen molar-refractivity contribution in [1.82, 2.24) is 4.90 Å². The van der Waals surface area contributed by atoms with E-state index in [4.69, 9.17) is 0 Å². The zero-order valence-corrected chi connectivity index (χ0v) is 17.6. The average Bonchev–Trinajstić information content (AvgIpc) is 2.66. The third-order valence-electron chi connectivity index (χ3n) is 4.79. The van der Waals surface area contributed by atoms with Crippen LogP contribution >= 0.6 is 11.8 Å². The normalized spacial score (nSPS) is 14.6. The fourth-order valence-corrected chi connectivity index (χ4v) is 4.38. The molecule has 0 spiro atoms. The summed E-state index contributed by atoms with van der Waals surface area (Å²) in [5, 5.41) is 28.4. The number of amides is 2. The summed E-state index contributed by atoms with van der Waals surface area (Å²) >= 11 is 1.27. The first-order valence-electron chi connectivity index (χ1n) is 9.16. The molecule has 1 heterocycles. The maximum Gasteiger partial charge on any atom is 0.336 e. The molecule has 0 unspecified atom stereocenters. The predicted molar refractivity (Wildman–Crippen MR) is 112 cm³/mol. The standard InChI is InChI=1S/C21H19NO8S/c1-21(2,3)31-8-13(20(29)30)22-16(23)9-4-6-11(18(25)26)15-12(19(27)28)7-5-10(14(9)15)17(22)24/h4-7,13H,8H2,1-3H3,(H,25,26)(H,27,28)(H,29,30)/t13-/m0/s1. The molecule has 31 heavy (non-hydrogen) atoms. The van der Waals surface area contributed by atoms with Crippen LogP contribution in [0.15, 0.2) is 24.3 Å². The van der Waals surface area contributed by atoms with Gasteiger partial charge in [-0.15, -0.1) is 0 Å². The second-order valence-electron chi connectivity index (χ2n) is 7.94. The molecule has 10 heteroatoms. The van der Waals surface area contributed by atoms with E-state index in [1.807, 2.05) is 20.8 Å². The number of aliphatic carboxylic acids is 1. The van der Waals surface area contributed by atoms with Crippen LogP contribution in [0.5, 0.6) is 0 Å². The van der Waals surface area contributed by atoms with Gasteiger partial charge in [-0.3, -0.25) is 14.5 Å². The average molecular weight is 445 g/mol. The van der Waals surface area contributed by atoms with Crippen LogP contribution in [-0.4, -0.2) is 66.5 Å². The minimum absolute atomic E-state index is 0.0464. The Bertz CT molecular complexity index is 1100. The van der Waals surface area contributed by atoms with E-state index >= 15 is 0 Å². The Morgan fingerprint density at radius 1 is 0.871 bits per heavy atom. The smallest absolute Gasteiger partial charge is 0.336 e. The lowest BCUT2D eigenvalue weighted by Gasteiger charge is -2.33. The topological polar surface area (TPSA) is 149 Å². The van der Waals surface area contributed by atoms with Gasteiger partial charge in [0.15, 0.2) is 0 Å². The van der Waals surface area contributed by atoms with Gasteiger partial charge < -0.3 is 15.3 Å². The minimum Gasteiger partial charge on any atom is -0.480 e. The van der Waals surface area contributed by atoms with Gasteiger partial charge in [0.2, 0.25) is 0 Å². The molecule has 0 aromatic heterocycles. The highest BCUT2D eigenvalue weighted by Crippen LogP contribution is 2.36. The number of imide groups is 1.